The third kappa shape index (κ3) is 2.42. The molecule has 74 valence electrons. The molecule has 0 aromatic heterocycles. The van der Waals surface area contributed by atoms with E-state index in [-0.39, 0.29) is 6.42 Å². The van der Waals surface area contributed by atoms with Crippen LogP contribution >= 0.6 is 0 Å². The van der Waals surface area contributed by atoms with Gasteiger partial charge in [-0.15, -0.1) is 0 Å². The minimum absolute atomic E-state index is 0.174. The zero-order chi connectivity index (χ0) is 9.84. The van der Waals surface area contributed by atoms with Gasteiger partial charge in [-0.05, 0) is 6.54 Å². The van der Waals surface area contributed by atoms with Gasteiger partial charge >= 0.3 is 11.9 Å². The topological polar surface area (TPSA) is 66.8 Å². The van der Waals surface area contributed by atoms with Crippen LogP contribution in [0.25, 0.3) is 0 Å². The average Bonchev–Trinajstić information content (AvgIpc) is 2.08. The summed E-state index contributed by atoms with van der Waals surface area (Å²) in [6.07, 6.45) is -0.174. The summed E-state index contributed by atoms with van der Waals surface area (Å²) in [6, 6.07) is -0.601. The maximum atomic E-state index is 11.2. The van der Waals surface area contributed by atoms with Crippen molar-refractivity contribution < 1.29 is 19.4 Å². The number of aliphatic carboxylic acids is 1. The van der Waals surface area contributed by atoms with E-state index >= 15 is 0 Å². The van der Waals surface area contributed by atoms with Crippen LogP contribution < -0.4 is 0 Å². The van der Waals surface area contributed by atoms with Gasteiger partial charge in [0.05, 0.1) is 6.42 Å². The van der Waals surface area contributed by atoms with Gasteiger partial charge in [0.1, 0.15) is 12.6 Å². The van der Waals surface area contributed by atoms with E-state index in [0.29, 0.717) is 19.7 Å². The highest BCUT2D eigenvalue weighted by atomic mass is 16.5. The van der Waals surface area contributed by atoms with Crippen molar-refractivity contribution in [2.75, 3.05) is 19.7 Å². The van der Waals surface area contributed by atoms with Gasteiger partial charge in [0.25, 0.3) is 0 Å². The summed E-state index contributed by atoms with van der Waals surface area (Å²) in [5.41, 5.74) is 0. The van der Waals surface area contributed by atoms with Gasteiger partial charge in [0.15, 0.2) is 0 Å². The molecule has 1 saturated heterocycles. The monoisotopic (exact) mass is 187 g/mol. The summed E-state index contributed by atoms with van der Waals surface area (Å²) in [5.74, 6) is -1.39. The number of likely N-dealkylation sites (N-methyl/N-ethyl adjacent to an activating group) is 1. The molecule has 1 N–H and O–H groups in total. The Morgan fingerprint density at radius 1 is 1.77 bits per heavy atom. The summed E-state index contributed by atoms with van der Waals surface area (Å²) in [6.45, 7) is 3.56. The van der Waals surface area contributed by atoms with E-state index in [4.69, 9.17) is 9.84 Å². The number of hydrogen-bond donors (Lipinski definition) is 1. The summed E-state index contributed by atoms with van der Waals surface area (Å²) in [5, 5.41) is 8.56. The van der Waals surface area contributed by atoms with Crippen LogP contribution in [0, 0.1) is 0 Å². The number of rotatable bonds is 3. The number of carboxylic acid groups (broad SMARTS) is 1. The fraction of sp³-hybridized carbons (Fsp3) is 0.750. The number of carbonyl (C=O) groups excluding carboxylic acids is 1. The molecule has 1 rings (SSSR count). The van der Waals surface area contributed by atoms with Crippen LogP contribution in [0.3, 0.4) is 0 Å². The van der Waals surface area contributed by atoms with Crippen molar-refractivity contribution in [1.29, 1.82) is 0 Å². The van der Waals surface area contributed by atoms with Crippen LogP contribution in [-0.2, 0) is 14.3 Å². The van der Waals surface area contributed by atoms with Crippen LogP contribution in [0.5, 0.6) is 0 Å². The molecule has 1 fully saturated rings. The lowest BCUT2D eigenvalue weighted by Crippen LogP contribution is -2.49. The molecular formula is C8H13NO4. The Bertz CT molecular complexity index is 216. The highest BCUT2D eigenvalue weighted by Gasteiger charge is 2.32. The zero-order valence-electron chi connectivity index (χ0n) is 7.52. The minimum Gasteiger partial charge on any atom is -0.481 e. The largest absolute Gasteiger partial charge is 0.481 e. The molecule has 1 atom stereocenters. The van der Waals surface area contributed by atoms with Crippen molar-refractivity contribution >= 4 is 11.9 Å². The molecule has 1 heterocycles. The lowest BCUT2D eigenvalue weighted by Gasteiger charge is -2.32. The Labute approximate surface area is 76.3 Å². The molecule has 0 saturated carbocycles. The Morgan fingerprint density at radius 3 is 3.00 bits per heavy atom. The maximum Gasteiger partial charge on any atom is 0.324 e. The number of hydrogen-bond acceptors (Lipinski definition) is 4. The number of nitrogens with zero attached hydrogens (tertiary/aromatic N) is 1. The van der Waals surface area contributed by atoms with Crippen molar-refractivity contribution in [3.8, 4) is 0 Å². The molecule has 0 amide bonds. The molecule has 5 heteroatoms. The van der Waals surface area contributed by atoms with E-state index in [2.05, 4.69) is 0 Å². The van der Waals surface area contributed by atoms with E-state index in [1.807, 2.05) is 11.8 Å². The Kier molecular flexibility index (Phi) is 3.25. The summed E-state index contributed by atoms with van der Waals surface area (Å²) >= 11 is 0. The molecule has 13 heavy (non-hydrogen) atoms. The number of ether oxygens (including phenoxy) is 1. The molecule has 0 bridgehead atoms. The van der Waals surface area contributed by atoms with Gasteiger partial charge in [0, 0.05) is 6.54 Å². The third-order valence-corrected chi connectivity index (χ3v) is 2.11. The number of morpholine rings is 1. The van der Waals surface area contributed by atoms with Crippen molar-refractivity contribution in [2.24, 2.45) is 0 Å². The number of cyclic esters (lactones) is 1. The van der Waals surface area contributed by atoms with Crippen molar-refractivity contribution in [1.82, 2.24) is 4.90 Å². The maximum absolute atomic E-state index is 11.2. The first kappa shape index (κ1) is 9.98. The first-order valence-electron chi connectivity index (χ1n) is 4.27. The highest BCUT2D eigenvalue weighted by Crippen LogP contribution is 2.11. The molecule has 0 radical (unpaired) electrons. The van der Waals surface area contributed by atoms with E-state index in [0.717, 1.165) is 0 Å². The Hall–Kier alpha value is -1.10. The van der Waals surface area contributed by atoms with Crippen LogP contribution in [0.1, 0.15) is 13.3 Å². The molecular weight excluding hydrogens is 174 g/mol. The standard InChI is InChI=1S/C8H13NO4/c1-2-9-3-4-13-8(12)6(9)5-7(10)11/h6H,2-5H2,1H3,(H,10,11)/t6-/m0/s1. The first-order chi connectivity index (χ1) is 6.15. The van der Waals surface area contributed by atoms with E-state index in [9.17, 15) is 9.59 Å². The molecule has 0 aliphatic carbocycles. The fourth-order valence-corrected chi connectivity index (χ4v) is 1.42. The van der Waals surface area contributed by atoms with E-state index < -0.39 is 18.0 Å². The van der Waals surface area contributed by atoms with Crippen LogP contribution in [0.2, 0.25) is 0 Å². The quantitative estimate of drug-likeness (QED) is 0.615. The van der Waals surface area contributed by atoms with Crippen LogP contribution in [-0.4, -0.2) is 47.7 Å². The molecule has 0 unspecified atom stereocenters. The predicted octanol–water partition coefficient (Wildman–Crippen LogP) is -0.292. The van der Waals surface area contributed by atoms with Gasteiger partial charge in [-0.1, -0.05) is 6.92 Å². The Morgan fingerprint density at radius 2 is 2.46 bits per heavy atom. The van der Waals surface area contributed by atoms with Gasteiger partial charge in [-0.3, -0.25) is 14.5 Å². The third-order valence-electron chi connectivity index (χ3n) is 2.11. The summed E-state index contributed by atoms with van der Waals surface area (Å²) < 4.78 is 4.78. The van der Waals surface area contributed by atoms with Gasteiger partial charge in [0.2, 0.25) is 0 Å². The van der Waals surface area contributed by atoms with Crippen molar-refractivity contribution in [2.45, 2.75) is 19.4 Å². The lowest BCUT2D eigenvalue weighted by molar-refractivity contribution is -0.161. The molecule has 0 aromatic rings. The van der Waals surface area contributed by atoms with E-state index in [1.165, 1.54) is 0 Å². The number of carbonyl (C=O) groups is 2. The second kappa shape index (κ2) is 4.23. The zero-order valence-corrected chi connectivity index (χ0v) is 7.52. The number of carboxylic acids is 1. The lowest BCUT2D eigenvalue weighted by atomic mass is 10.1. The summed E-state index contributed by atoms with van der Waals surface area (Å²) in [4.78, 5) is 23.4. The summed E-state index contributed by atoms with van der Waals surface area (Å²) in [7, 11) is 0. The van der Waals surface area contributed by atoms with Gasteiger partial charge in [-0.25, -0.2) is 0 Å². The van der Waals surface area contributed by atoms with Crippen LogP contribution in [0.4, 0.5) is 0 Å². The van der Waals surface area contributed by atoms with Gasteiger partial charge < -0.3 is 9.84 Å². The SMILES string of the molecule is CCN1CCOC(=O)[C@@H]1CC(=O)O. The molecule has 1 aliphatic heterocycles. The Balaban J connectivity index is 2.62. The average molecular weight is 187 g/mol. The second-order valence-corrected chi connectivity index (χ2v) is 2.91. The van der Waals surface area contributed by atoms with Crippen molar-refractivity contribution in [3.05, 3.63) is 0 Å². The van der Waals surface area contributed by atoms with Crippen molar-refractivity contribution in [3.63, 3.8) is 0 Å². The second-order valence-electron chi connectivity index (χ2n) is 2.91. The molecule has 5 nitrogen and oxygen atoms in total. The van der Waals surface area contributed by atoms with Crippen LogP contribution in [0.15, 0.2) is 0 Å². The smallest absolute Gasteiger partial charge is 0.324 e. The first-order valence-corrected chi connectivity index (χ1v) is 4.27. The predicted molar refractivity (Wildman–Crippen MR) is 44.2 cm³/mol. The molecule has 1 aliphatic rings. The normalized spacial score (nSPS) is 24.1. The number of esters is 1. The van der Waals surface area contributed by atoms with Gasteiger partial charge in [-0.2, -0.15) is 0 Å². The minimum atomic E-state index is -0.970. The fourth-order valence-electron chi connectivity index (χ4n) is 1.42. The molecule has 0 aromatic carbocycles. The van der Waals surface area contributed by atoms with E-state index in [1.54, 1.807) is 0 Å². The highest BCUT2D eigenvalue weighted by molar-refractivity contribution is 5.82. The molecule has 0 spiro atoms.